The highest BCUT2D eigenvalue weighted by atomic mass is 35.5. The lowest BCUT2D eigenvalue weighted by Gasteiger charge is -2.14. The Hall–Kier alpha value is -2.02. The first-order valence-corrected chi connectivity index (χ1v) is 8.82. The molecular formula is C18H21Cl2N3O3. The number of amides is 1. The van der Waals surface area contributed by atoms with Crippen molar-refractivity contribution in [1.82, 2.24) is 10.3 Å². The maximum absolute atomic E-state index is 12.1. The number of nitrogens with one attached hydrogen (secondary N) is 2. The van der Waals surface area contributed by atoms with E-state index >= 15 is 0 Å². The minimum absolute atomic E-state index is 0.190. The van der Waals surface area contributed by atoms with Gasteiger partial charge in [-0.05, 0) is 30.7 Å². The summed E-state index contributed by atoms with van der Waals surface area (Å²) in [5, 5.41) is 6.73. The quantitative estimate of drug-likeness (QED) is 0.633. The number of ether oxygens (including phenoxy) is 2. The smallest absolute Gasteiger partial charge is 0.248 e. The Balaban J connectivity index is 1.69. The van der Waals surface area contributed by atoms with Crippen LogP contribution in [0.15, 0.2) is 36.5 Å². The van der Waals surface area contributed by atoms with Gasteiger partial charge in [0.15, 0.2) is 0 Å². The summed E-state index contributed by atoms with van der Waals surface area (Å²) in [6.07, 6.45) is 0.932. The van der Waals surface area contributed by atoms with Gasteiger partial charge in [-0.25, -0.2) is 4.98 Å². The zero-order valence-electron chi connectivity index (χ0n) is 14.6. The van der Waals surface area contributed by atoms with Gasteiger partial charge >= 0.3 is 0 Å². The number of pyridine rings is 1. The van der Waals surface area contributed by atoms with Crippen LogP contribution in [-0.2, 0) is 16.1 Å². The fourth-order valence-electron chi connectivity index (χ4n) is 2.11. The maximum atomic E-state index is 12.1. The SMILES string of the molecule is COc1cccc(CO[C@H](C)C(=O)NCCNc2ncc(Cl)cc2Cl)c1. The van der Waals surface area contributed by atoms with Crippen molar-refractivity contribution in [2.75, 3.05) is 25.5 Å². The summed E-state index contributed by atoms with van der Waals surface area (Å²) in [7, 11) is 1.61. The van der Waals surface area contributed by atoms with Crippen molar-refractivity contribution < 1.29 is 14.3 Å². The van der Waals surface area contributed by atoms with E-state index in [4.69, 9.17) is 32.7 Å². The Bertz CT molecular complexity index is 743. The third-order valence-electron chi connectivity index (χ3n) is 3.53. The Morgan fingerprint density at radius 1 is 1.27 bits per heavy atom. The molecule has 0 saturated carbocycles. The van der Waals surface area contributed by atoms with Crippen molar-refractivity contribution in [1.29, 1.82) is 0 Å². The topological polar surface area (TPSA) is 72.5 Å². The van der Waals surface area contributed by atoms with Crippen LogP contribution in [0, 0.1) is 0 Å². The molecule has 0 bridgehead atoms. The summed E-state index contributed by atoms with van der Waals surface area (Å²) in [5.41, 5.74) is 0.939. The van der Waals surface area contributed by atoms with Gasteiger partial charge < -0.3 is 20.1 Å². The van der Waals surface area contributed by atoms with E-state index < -0.39 is 6.10 Å². The predicted octanol–water partition coefficient (Wildman–Crippen LogP) is 3.53. The zero-order chi connectivity index (χ0) is 18.9. The van der Waals surface area contributed by atoms with Crippen molar-refractivity contribution in [3.8, 4) is 5.75 Å². The molecule has 0 radical (unpaired) electrons. The summed E-state index contributed by atoms with van der Waals surface area (Å²) in [4.78, 5) is 16.1. The fraction of sp³-hybridized carbons (Fsp3) is 0.333. The summed E-state index contributed by atoms with van der Waals surface area (Å²) in [6, 6.07) is 9.13. The normalized spacial score (nSPS) is 11.7. The number of carbonyl (C=O) groups excluding carboxylic acids is 1. The molecule has 6 nitrogen and oxygen atoms in total. The van der Waals surface area contributed by atoms with Crippen LogP contribution in [0.2, 0.25) is 10.0 Å². The molecule has 2 aromatic rings. The Kier molecular flexibility index (Phi) is 7.97. The lowest BCUT2D eigenvalue weighted by Crippen LogP contribution is -2.37. The summed E-state index contributed by atoms with van der Waals surface area (Å²) < 4.78 is 10.8. The molecule has 1 aromatic heterocycles. The van der Waals surface area contributed by atoms with Crippen LogP contribution in [0.3, 0.4) is 0 Å². The van der Waals surface area contributed by atoms with E-state index in [0.717, 1.165) is 11.3 Å². The second-order valence-electron chi connectivity index (χ2n) is 5.51. The lowest BCUT2D eigenvalue weighted by molar-refractivity contribution is -0.132. The Morgan fingerprint density at radius 2 is 2.08 bits per heavy atom. The van der Waals surface area contributed by atoms with Crippen LogP contribution in [0.5, 0.6) is 5.75 Å². The molecule has 8 heteroatoms. The molecule has 0 saturated heterocycles. The second-order valence-corrected chi connectivity index (χ2v) is 6.35. The third kappa shape index (κ3) is 6.37. The highest BCUT2D eigenvalue weighted by Gasteiger charge is 2.13. The molecule has 2 N–H and O–H groups in total. The van der Waals surface area contributed by atoms with Crippen LogP contribution in [0.25, 0.3) is 0 Å². The maximum Gasteiger partial charge on any atom is 0.248 e. The highest BCUT2D eigenvalue weighted by Crippen LogP contribution is 2.22. The summed E-state index contributed by atoms with van der Waals surface area (Å²) >= 11 is 11.8. The molecule has 26 heavy (non-hydrogen) atoms. The van der Waals surface area contributed by atoms with Gasteiger partial charge in [-0.1, -0.05) is 35.3 Å². The van der Waals surface area contributed by atoms with Crippen molar-refractivity contribution in [2.24, 2.45) is 0 Å². The van der Waals surface area contributed by atoms with E-state index in [1.54, 1.807) is 20.1 Å². The van der Waals surface area contributed by atoms with Gasteiger partial charge in [-0.3, -0.25) is 4.79 Å². The Morgan fingerprint density at radius 3 is 2.81 bits per heavy atom. The molecule has 0 spiro atoms. The minimum atomic E-state index is -0.571. The number of aromatic nitrogens is 1. The number of rotatable bonds is 9. The van der Waals surface area contributed by atoms with Crippen molar-refractivity contribution in [2.45, 2.75) is 19.6 Å². The van der Waals surface area contributed by atoms with Gasteiger partial charge in [0.25, 0.3) is 0 Å². The van der Waals surface area contributed by atoms with E-state index in [0.29, 0.717) is 35.6 Å². The lowest BCUT2D eigenvalue weighted by atomic mass is 10.2. The summed E-state index contributed by atoms with van der Waals surface area (Å²) in [5.74, 6) is 1.08. The molecule has 0 aliphatic heterocycles. The number of carbonyl (C=O) groups is 1. The molecule has 0 aliphatic carbocycles. The molecular weight excluding hydrogens is 377 g/mol. The molecule has 2 rings (SSSR count). The standard InChI is InChI=1S/C18H21Cl2N3O3/c1-12(26-11-13-4-3-5-15(8-13)25-2)18(24)22-7-6-21-17-16(20)9-14(19)10-23-17/h3-5,8-10,12H,6-7,11H2,1-2H3,(H,21,23)(H,22,24)/t12-/m1/s1. The van der Waals surface area contributed by atoms with E-state index in [1.165, 1.54) is 6.20 Å². The van der Waals surface area contributed by atoms with Crippen molar-refractivity contribution in [3.05, 3.63) is 52.1 Å². The van der Waals surface area contributed by atoms with E-state index in [2.05, 4.69) is 15.6 Å². The second kappa shape index (κ2) is 10.2. The van der Waals surface area contributed by atoms with E-state index in [-0.39, 0.29) is 5.91 Å². The minimum Gasteiger partial charge on any atom is -0.497 e. The number of hydrogen-bond acceptors (Lipinski definition) is 5. The molecule has 140 valence electrons. The average Bonchev–Trinajstić information content (AvgIpc) is 2.64. The van der Waals surface area contributed by atoms with Crippen LogP contribution in [0.1, 0.15) is 12.5 Å². The number of methoxy groups -OCH3 is 1. The van der Waals surface area contributed by atoms with Gasteiger partial charge in [0.2, 0.25) is 5.91 Å². The Labute approximate surface area is 162 Å². The van der Waals surface area contributed by atoms with Crippen LogP contribution in [-0.4, -0.2) is 37.2 Å². The fourth-order valence-corrected chi connectivity index (χ4v) is 2.56. The number of anilines is 1. The van der Waals surface area contributed by atoms with Crippen LogP contribution in [0.4, 0.5) is 5.82 Å². The third-order valence-corrected chi connectivity index (χ3v) is 4.02. The number of nitrogens with zero attached hydrogens (tertiary/aromatic N) is 1. The monoisotopic (exact) mass is 397 g/mol. The number of halogens is 2. The average molecular weight is 398 g/mol. The van der Waals surface area contributed by atoms with E-state index in [1.807, 2.05) is 24.3 Å². The first kappa shape index (κ1) is 20.3. The predicted molar refractivity (Wildman–Crippen MR) is 103 cm³/mol. The van der Waals surface area contributed by atoms with Gasteiger partial charge in [0, 0.05) is 19.3 Å². The highest BCUT2D eigenvalue weighted by molar-refractivity contribution is 6.35. The van der Waals surface area contributed by atoms with Gasteiger partial charge in [0.1, 0.15) is 17.7 Å². The van der Waals surface area contributed by atoms with Crippen molar-refractivity contribution >= 4 is 34.9 Å². The van der Waals surface area contributed by atoms with Gasteiger partial charge in [0.05, 0.1) is 23.8 Å². The molecule has 0 fully saturated rings. The zero-order valence-corrected chi connectivity index (χ0v) is 16.1. The van der Waals surface area contributed by atoms with Gasteiger partial charge in [-0.2, -0.15) is 0 Å². The molecule has 0 aliphatic rings. The number of benzene rings is 1. The largest absolute Gasteiger partial charge is 0.497 e. The van der Waals surface area contributed by atoms with Crippen molar-refractivity contribution in [3.63, 3.8) is 0 Å². The van der Waals surface area contributed by atoms with Gasteiger partial charge in [-0.15, -0.1) is 0 Å². The molecule has 1 atom stereocenters. The van der Waals surface area contributed by atoms with E-state index in [9.17, 15) is 4.79 Å². The first-order valence-electron chi connectivity index (χ1n) is 8.06. The molecule has 1 aromatic carbocycles. The van der Waals surface area contributed by atoms with Crippen LogP contribution >= 0.6 is 23.2 Å². The van der Waals surface area contributed by atoms with Crippen LogP contribution < -0.4 is 15.4 Å². The molecule has 0 unspecified atom stereocenters. The summed E-state index contributed by atoms with van der Waals surface area (Å²) in [6.45, 7) is 2.92. The molecule has 1 heterocycles. The first-order chi connectivity index (χ1) is 12.5. The number of hydrogen-bond donors (Lipinski definition) is 2. The molecule has 1 amide bonds.